The van der Waals surface area contributed by atoms with Gasteiger partial charge in [-0.25, -0.2) is 4.79 Å². The van der Waals surface area contributed by atoms with Crippen LogP contribution in [0.4, 0.5) is 0 Å². The smallest absolute Gasteiger partial charge is 0.337 e. The molecule has 4 nitrogen and oxygen atoms in total. The maximum absolute atomic E-state index is 11.3. The van der Waals surface area contributed by atoms with Crippen molar-refractivity contribution >= 4 is 27.9 Å². The predicted octanol–water partition coefficient (Wildman–Crippen LogP) is 2.73. The first-order valence-corrected chi connectivity index (χ1v) is 6.40. The molecule has 1 aromatic carbocycles. The summed E-state index contributed by atoms with van der Waals surface area (Å²) >= 11 is 3.37. The second-order valence-electron chi connectivity index (χ2n) is 3.60. The summed E-state index contributed by atoms with van der Waals surface area (Å²) < 4.78 is 10.3. The summed E-state index contributed by atoms with van der Waals surface area (Å²) in [6.45, 7) is 2.17. The Balaban J connectivity index is 2.68. The van der Waals surface area contributed by atoms with Gasteiger partial charge in [-0.15, -0.1) is 0 Å². The molecule has 0 radical (unpaired) electrons. The highest BCUT2D eigenvalue weighted by atomic mass is 79.9. The first-order valence-electron chi connectivity index (χ1n) is 5.60. The minimum atomic E-state index is -0.382. The van der Waals surface area contributed by atoms with Gasteiger partial charge in [-0.2, -0.15) is 0 Å². The maximum atomic E-state index is 11.3. The van der Waals surface area contributed by atoms with Crippen LogP contribution in [-0.2, 0) is 20.7 Å². The van der Waals surface area contributed by atoms with Gasteiger partial charge in [0.1, 0.15) is 0 Å². The van der Waals surface area contributed by atoms with Crippen molar-refractivity contribution < 1.29 is 19.1 Å². The van der Waals surface area contributed by atoms with Gasteiger partial charge >= 0.3 is 11.9 Å². The van der Waals surface area contributed by atoms with Crippen LogP contribution in [0.1, 0.15) is 29.3 Å². The Morgan fingerprint density at radius 1 is 1.33 bits per heavy atom. The molecular formula is C13H15BrO4. The van der Waals surface area contributed by atoms with Crippen LogP contribution in [0.3, 0.4) is 0 Å². The Hall–Kier alpha value is -1.36. The van der Waals surface area contributed by atoms with Crippen molar-refractivity contribution in [1.82, 2.24) is 0 Å². The van der Waals surface area contributed by atoms with E-state index in [1.807, 2.05) is 0 Å². The third-order valence-corrected chi connectivity index (χ3v) is 3.12. The van der Waals surface area contributed by atoms with E-state index in [4.69, 9.17) is 4.74 Å². The molecule has 0 heterocycles. The molecule has 0 amide bonds. The normalized spacial score (nSPS) is 9.94. The zero-order valence-corrected chi connectivity index (χ0v) is 12.0. The maximum Gasteiger partial charge on any atom is 0.337 e. The Kier molecular flexibility index (Phi) is 5.85. The fourth-order valence-electron chi connectivity index (χ4n) is 1.46. The van der Waals surface area contributed by atoms with Gasteiger partial charge in [0, 0.05) is 10.9 Å². The van der Waals surface area contributed by atoms with Gasteiger partial charge in [-0.05, 0) is 31.0 Å². The summed E-state index contributed by atoms with van der Waals surface area (Å²) in [5.74, 6) is -0.603. The largest absolute Gasteiger partial charge is 0.466 e. The van der Waals surface area contributed by atoms with Crippen molar-refractivity contribution in [2.75, 3.05) is 13.7 Å². The number of halogens is 1. The fourth-order valence-corrected chi connectivity index (χ4v) is 2.04. The lowest BCUT2D eigenvalue weighted by Crippen LogP contribution is -2.06. The molecule has 0 saturated carbocycles. The summed E-state index contributed by atoms with van der Waals surface area (Å²) in [6.07, 6.45) is 0.894. The van der Waals surface area contributed by atoms with Crippen LogP contribution in [-0.4, -0.2) is 25.7 Å². The highest BCUT2D eigenvalue weighted by molar-refractivity contribution is 9.10. The van der Waals surface area contributed by atoms with Gasteiger partial charge in [0.2, 0.25) is 0 Å². The molecule has 5 heteroatoms. The van der Waals surface area contributed by atoms with E-state index in [1.165, 1.54) is 7.11 Å². The minimum Gasteiger partial charge on any atom is -0.466 e. The van der Waals surface area contributed by atoms with Gasteiger partial charge in [0.15, 0.2) is 0 Å². The lowest BCUT2D eigenvalue weighted by molar-refractivity contribution is -0.143. The number of hydrogen-bond donors (Lipinski definition) is 0. The highest BCUT2D eigenvalue weighted by Gasteiger charge is 2.10. The number of aryl methyl sites for hydroxylation is 1. The van der Waals surface area contributed by atoms with Crippen molar-refractivity contribution in [3.63, 3.8) is 0 Å². The van der Waals surface area contributed by atoms with Crippen molar-refractivity contribution in [3.05, 3.63) is 33.8 Å². The Morgan fingerprint density at radius 2 is 2.06 bits per heavy atom. The third-order valence-electron chi connectivity index (χ3n) is 2.38. The number of rotatable bonds is 5. The quantitative estimate of drug-likeness (QED) is 0.784. The number of benzene rings is 1. The van der Waals surface area contributed by atoms with E-state index >= 15 is 0 Å². The van der Waals surface area contributed by atoms with E-state index in [9.17, 15) is 9.59 Å². The van der Waals surface area contributed by atoms with E-state index in [0.29, 0.717) is 25.0 Å². The van der Waals surface area contributed by atoms with E-state index < -0.39 is 0 Å². The molecule has 0 fully saturated rings. The molecule has 0 atom stereocenters. The summed E-state index contributed by atoms with van der Waals surface area (Å²) in [5, 5.41) is 0. The van der Waals surface area contributed by atoms with Gasteiger partial charge in [-0.3, -0.25) is 4.79 Å². The molecule has 0 bridgehead atoms. The summed E-state index contributed by atoms with van der Waals surface area (Å²) in [6, 6.07) is 5.17. The van der Waals surface area contributed by atoms with Crippen LogP contribution < -0.4 is 0 Å². The number of carbonyl (C=O) groups is 2. The monoisotopic (exact) mass is 314 g/mol. The lowest BCUT2D eigenvalue weighted by Gasteiger charge is -2.06. The van der Waals surface area contributed by atoms with Crippen molar-refractivity contribution in [2.24, 2.45) is 0 Å². The Labute approximate surface area is 114 Å². The topological polar surface area (TPSA) is 52.6 Å². The van der Waals surface area contributed by atoms with E-state index in [2.05, 4.69) is 20.7 Å². The van der Waals surface area contributed by atoms with Crippen LogP contribution in [0.25, 0.3) is 0 Å². The van der Waals surface area contributed by atoms with Crippen LogP contribution >= 0.6 is 15.9 Å². The highest BCUT2D eigenvalue weighted by Crippen LogP contribution is 2.20. The molecule has 18 heavy (non-hydrogen) atoms. The van der Waals surface area contributed by atoms with E-state index in [1.54, 1.807) is 25.1 Å². The molecule has 0 spiro atoms. The van der Waals surface area contributed by atoms with Crippen LogP contribution in [0.5, 0.6) is 0 Å². The Bertz CT molecular complexity index is 443. The predicted molar refractivity (Wildman–Crippen MR) is 70.4 cm³/mol. The SMILES string of the molecule is CCOC(=O)CCc1ccc(C(=O)OC)cc1Br. The Morgan fingerprint density at radius 3 is 2.61 bits per heavy atom. The van der Waals surface area contributed by atoms with Crippen LogP contribution in [0.15, 0.2) is 22.7 Å². The van der Waals surface area contributed by atoms with Crippen molar-refractivity contribution in [2.45, 2.75) is 19.8 Å². The average molecular weight is 315 g/mol. The summed E-state index contributed by atoms with van der Waals surface area (Å²) in [5.41, 5.74) is 1.43. The number of hydrogen-bond acceptors (Lipinski definition) is 4. The minimum absolute atomic E-state index is 0.221. The van der Waals surface area contributed by atoms with Gasteiger partial charge < -0.3 is 9.47 Å². The molecule has 1 rings (SSSR count). The fraction of sp³-hybridized carbons (Fsp3) is 0.385. The number of ether oxygens (including phenoxy) is 2. The molecule has 0 aliphatic carbocycles. The van der Waals surface area contributed by atoms with Crippen LogP contribution in [0, 0.1) is 0 Å². The summed E-state index contributed by atoms with van der Waals surface area (Å²) in [7, 11) is 1.34. The van der Waals surface area contributed by atoms with Crippen LogP contribution in [0.2, 0.25) is 0 Å². The average Bonchev–Trinajstić information content (AvgIpc) is 2.36. The molecule has 0 aliphatic heterocycles. The van der Waals surface area contributed by atoms with E-state index in [-0.39, 0.29) is 11.9 Å². The molecule has 0 aromatic heterocycles. The molecule has 98 valence electrons. The van der Waals surface area contributed by atoms with Crippen molar-refractivity contribution in [1.29, 1.82) is 0 Å². The van der Waals surface area contributed by atoms with Gasteiger partial charge in [-0.1, -0.05) is 22.0 Å². The lowest BCUT2D eigenvalue weighted by atomic mass is 10.1. The first-order chi connectivity index (χ1) is 8.58. The van der Waals surface area contributed by atoms with Crippen molar-refractivity contribution in [3.8, 4) is 0 Å². The van der Waals surface area contributed by atoms with Gasteiger partial charge in [0.05, 0.1) is 19.3 Å². The second-order valence-corrected chi connectivity index (χ2v) is 4.46. The second kappa shape index (κ2) is 7.16. The molecule has 0 unspecified atom stereocenters. The molecule has 0 N–H and O–H groups in total. The summed E-state index contributed by atoms with van der Waals surface area (Å²) in [4.78, 5) is 22.5. The zero-order valence-electron chi connectivity index (χ0n) is 10.4. The van der Waals surface area contributed by atoms with E-state index in [0.717, 1.165) is 10.0 Å². The molecular weight excluding hydrogens is 300 g/mol. The number of methoxy groups -OCH3 is 1. The molecule has 0 aliphatic rings. The number of esters is 2. The molecule has 1 aromatic rings. The molecule has 0 saturated heterocycles. The zero-order chi connectivity index (χ0) is 13.5. The first kappa shape index (κ1) is 14.7. The third kappa shape index (κ3) is 4.14. The number of carbonyl (C=O) groups excluding carboxylic acids is 2. The standard InChI is InChI=1S/C13H15BrO4/c1-3-18-12(15)7-6-9-4-5-10(8-11(9)14)13(16)17-2/h4-5,8H,3,6-7H2,1-2H3. The van der Waals surface area contributed by atoms with Gasteiger partial charge in [0.25, 0.3) is 0 Å².